The number of methoxy groups -OCH3 is 1. The molecule has 0 saturated carbocycles. The van der Waals surface area contributed by atoms with Gasteiger partial charge in [0.1, 0.15) is 5.82 Å². The molecule has 1 aromatic rings. The second-order valence-electron chi connectivity index (χ2n) is 5.93. The molecule has 0 spiro atoms. The molecule has 1 aliphatic rings. The van der Waals surface area contributed by atoms with Crippen LogP contribution in [0.2, 0.25) is 0 Å². The van der Waals surface area contributed by atoms with Gasteiger partial charge in [-0.1, -0.05) is 32.4 Å². The summed E-state index contributed by atoms with van der Waals surface area (Å²) in [4.78, 5) is 22.0. The average molecular weight is 275 g/mol. The van der Waals surface area contributed by atoms with E-state index in [1.165, 1.54) is 18.9 Å². The van der Waals surface area contributed by atoms with E-state index in [9.17, 15) is 4.79 Å². The maximum Gasteiger partial charge on any atom is 0.358 e. The first-order valence-corrected chi connectivity index (χ1v) is 6.76. The Morgan fingerprint density at radius 2 is 2.10 bits per heavy atom. The van der Waals surface area contributed by atoms with E-state index in [4.69, 9.17) is 0 Å². The molecule has 2 rings (SSSR count). The lowest BCUT2D eigenvalue weighted by Gasteiger charge is -2.32. The molecule has 0 bridgehead atoms. The van der Waals surface area contributed by atoms with Gasteiger partial charge in [0.2, 0.25) is 0 Å². The molecule has 0 radical (unpaired) electrons. The minimum absolute atomic E-state index is 0.214. The topological polar surface area (TPSA) is 55.3 Å². The highest BCUT2D eigenvalue weighted by atomic mass is 16.5. The van der Waals surface area contributed by atoms with Crippen LogP contribution in [-0.2, 0) is 4.74 Å². The number of carbonyl (C=O) groups excluding carboxylic acids is 1. The lowest BCUT2D eigenvalue weighted by Crippen LogP contribution is -2.32. The lowest BCUT2D eigenvalue weighted by atomic mass is 9.83. The van der Waals surface area contributed by atoms with Gasteiger partial charge in [-0.2, -0.15) is 0 Å². The second kappa shape index (κ2) is 5.61. The van der Waals surface area contributed by atoms with Crippen LogP contribution >= 0.6 is 0 Å². The van der Waals surface area contributed by atoms with Crippen molar-refractivity contribution in [3.63, 3.8) is 0 Å². The number of carbonyl (C=O) groups is 1. The minimum Gasteiger partial charge on any atom is -0.464 e. The number of nitrogens with zero attached hydrogens (tertiary/aromatic N) is 3. The van der Waals surface area contributed by atoms with Crippen LogP contribution < -0.4 is 4.90 Å². The predicted octanol–water partition coefficient (Wildman–Crippen LogP) is 2.45. The van der Waals surface area contributed by atoms with E-state index >= 15 is 0 Å². The van der Waals surface area contributed by atoms with Crippen LogP contribution in [0.25, 0.3) is 0 Å². The van der Waals surface area contributed by atoms with E-state index in [0.29, 0.717) is 0 Å². The molecule has 0 saturated heterocycles. The number of hydrogen-bond donors (Lipinski definition) is 0. The quantitative estimate of drug-likeness (QED) is 0.613. The van der Waals surface area contributed by atoms with Gasteiger partial charge in [-0.3, -0.25) is 4.98 Å². The number of rotatable bonds is 2. The SMILES string of the molecule is COC(=O)c1cncc(N2CC=C(C(C)(C)C)CC2)n1. The fraction of sp³-hybridized carbons (Fsp3) is 0.533. The number of aromatic nitrogens is 2. The van der Waals surface area contributed by atoms with Crippen molar-refractivity contribution in [3.8, 4) is 0 Å². The Balaban J connectivity index is 2.15. The number of ether oxygens (including phenoxy) is 1. The van der Waals surface area contributed by atoms with Gasteiger partial charge < -0.3 is 9.64 Å². The highest BCUT2D eigenvalue weighted by Gasteiger charge is 2.22. The summed E-state index contributed by atoms with van der Waals surface area (Å²) in [6, 6.07) is 0. The van der Waals surface area contributed by atoms with Crippen molar-refractivity contribution in [2.75, 3.05) is 25.1 Å². The number of esters is 1. The third kappa shape index (κ3) is 3.15. The van der Waals surface area contributed by atoms with Crippen molar-refractivity contribution >= 4 is 11.8 Å². The Labute approximate surface area is 119 Å². The molecule has 1 aromatic heterocycles. The van der Waals surface area contributed by atoms with Gasteiger partial charge in [-0.25, -0.2) is 9.78 Å². The zero-order valence-electron chi connectivity index (χ0n) is 12.5. The van der Waals surface area contributed by atoms with E-state index in [1.807, 2.05) is 0 Å². The third-order valence-electron chi connectivity index (χ3n) is 3.51. The largest absolute Gasteiger partial charge is 0.464 e. The summed E-state index contributed by atoms with van der Waals surface area (Å²) in [5, 5.41) is 0. The molecule has 5 heteroatoms. The Morgan fingerprint density at radius 1 is 1.35 bits per heavy atom. The first-order chi connectivity index (χ1) is 9.41. The van der Waals surface area contributed by atoms with Gasteiger partial charge >= 0.3 is 5.97 Å². The first-order valence-electron chi connectivity index (χ1n) is 6.76. The molecular formula is C15H21N3O2. The summed E-state index contributed by atoms with van der Waals surface area (Å²) in [6.45, 7) is 8.37. The van der Waals surface area contributed by atoms with Crippen LogP contribution in [0.3, 0.4) is 0 Å². The average Bonchev–Trinajstić information content (AvgIpc) is 2.46. The molecule has 0 unspecified atom stereocenters. The molecule has 0 aromatic carbocycles. The maximum atomic E-state index is 11.5. The lowest BCUT2D eigenvalue weighted by molar-refractivity contribution is 0.0593. The van der Waals surface area contributed by atoms with Gasteiger partial charge in [0.15, 0.2) is 5.69 Å². The summed E-state index contributed by atoms with van der Waals surface area (Å²) in [5.41, 5.74) is 1.92. The fourth-order valence-electron chi connectivity index (χ4n) is 2.27. The molecule has 0 atom stereocenters. The van der Waals surface area contributed by atoms with Crippen molar-refractivity contribution < 1.29 is 9.53 Å². The second-order valence-corrected chi connectivity index (χ2v) is 5.93. The number of anilines is 1. The normalized spacial score (nSPS) is 15.8. The highest BCUT2D eigenvalue weighted by molar-refractivity contribution is 5.87. The van der Waals surface area contributed by atoms with Gasteiger partial charge in [-0.05, 0) is 11.8 Å². The van der Waals surface area contributed by atoms with Gasteiger partial charge in [0.05, 0.1) is 19.5 Å². The molecule has 0 fully saturated rings. The predicted molar refractivity (Wildman–Crippen MR) is 77.7 cm³/mol. The van der Waals surface area contributed by atoms with Crippen molar-refractivity contribution in [1.29, 1.82) is 0 Å². The molecule has 108 valence electrons. The summed E-state index contributed by atoms with van der Waals surface area (Å²) in [6.07, 6.45) is 6.36. The van der Waals surface area contributed by atoms with Crippen molar-refractivity contribution in [1.82, 2.24) is 9.97 Å². The summed E-state index contributed by atoms with van der Waals surface area (Å²) < 4.78 is 4.67. The van der Waals surface area contributed by atoms with E-state index in [-0.39, 0.29) is 11.1 Å². The standard InChI is InChI=1S/C15H21N3O2/c1-15(2,3)11-5-7-18(8-6-11)13-10-16-9-12(17-13)14(19)20-4/h5,9-10H,6-8H2,1-4H3. The summed E-state index contributed by atoms with van der Waals surface area (Å²) in [5.74, 6) is 0.263. The molecule has 0 aliphatic carbocycles. The zero-order valence-corrected chi connectivity index (χ0v) is 12.5. The fourth-order valence-corrected chi connectivity index (χ4v) is 2.27. The van der Waals surface area contributed by atoms with E-state index in [1.54, 1.807) is 6.20 Å². The molecule has 20 heavy (non-hydrogen) atoms. The molecule has 0 N–H and O–H groups in total. The molecule has 0 amide bonds. The van der Waals surface area contributed by atoms with Crippen LogP contribution in [0.1, 0.15) is 37.7 Å². The van der Waals surface area contributed by atoms with Crippen LogP contribution in [0, 0.1) is 5.41 Å². The van der Waals surface area contributed by atoms with Gasteiger partial charge in [0.25, 0.3) is 0 Å². The molecule has 1 aliphatic heterocycles. The van der Waals surface area contributed by atoms with Crippen molar-refractivity contribution in [2.45, 2.75) is 27.2 Å². The molecule has 2 heterocycles. The van der Waals surface area contributed by atoms with Gasteiger partial charge in [-0.15, -0.1) is 0 Å². The van der Waals surface area contributed by atoms with E-state index in [0.717, 1.165) is 25.3 Å². The monoisotopic (exact) mass is 275 g/mol. The Kier molecular flexibility index (Phi) is 4.06. The molecular weight excluding hydrogens is 254 g/mol. The zero-order chi connectivity index (χ0) is 14.8. The summed E-state index contributed by atoms with van der Waals surface area (Å²) >= 11 is 0. The van der Waals surface area contributed by atoms with Crippen molar-refractivity contribution in [2.24, 2.45) is 5.41 Å². The maximum absolute atomic E-state index is 11.5. The van der Waals surface area contributed by atoms with Crippen molar-refractivity contribution in [3.05, 3.63) is 29.7 Å². The Bertz CT molecular complexity index is 532. The van der Waals surface area contributed by atoms with E-state index < -0.39 is 5.97 Å². The van der Waals surface area contributed by atoms with Crippen LogP contribution in [0.5, 0.6) is 0 Å². The molecule has 5 nitrogen and oxygen atoms in total. The van der Waals surface area contributed by atoms with Crippen LogP contribution in [0.4, 0.5) is 5.82 Å². The number of hydrogen-bond acceptors (Lipinski definition) is 5. The van der Waals surface area contributed by atoms with E-state index in [2.05, 4.69) is 46.5 Å². The Morgan fingerprint density at radius 3 is 2.65 bits per heavy atom. The third-order valence-corrected chi connectivity index (χ3v) is 3.51. The van der Waals surface area contributed by atoms with Gasteiger partial charge in [0, 0.05) is 13.1 Å². The summed E-state index contributed by atoms with van der Waals surface area (Å²) in [7, 11) is 1.34. The Hall–Kier alpha value is -1.91. The minimum atomic E-state index is -0.456. The smallest absolute Gasteiger partial charge is 0.358 e. The first kappa shape index (κ1) is 14.5. The van der Waals surface area contributed by atoms with Crippen LogP contribution in [0.15, 0.2) is 24.0 Å². The van der Waals surface area contributed by atoms with Crippen LogP contribution in [-0.4, -0.2) is 36.1 Å². The highest BCUT2D eigenvalue weighted by Crippen LogP contribution is 2.30.